The molecule has 0 spiro atoms. The summed E-state index contributed by atoms with van der Waals surface area (Å²) in [5.74, 6) is 1.87. The molecule has 0 saturated carbocycles. The fourth-order valence-electron chi connectivity index (χ4n) is 3.11. The van der Waals surface area contributed by atoms with Gasteiger partial charge in [0.15, 0.2) is 11.6 Å². The van der Waals surface area contributed by atoms with Gasteiger partial charge in [0, 0.05) is 12.7 Å². The van der Waals surface area contributed by atoms with Gasteiger partial charge in [-0.25, -0.2) is 9.97 Å². The normalized spacial score (nSPS) is 12.2. The molecule has 0 saturated heterocycles. The number of pyridine rings is 1. The first-order chi connectivity index (χ1) is 13.7. The van der Waals surface area contributed by atoms with Crippen LogP contribution in [-0.4, -0.2) is 38.4 Å². The Morgan fingerprint density at radius 2 is 1.93 bits per heavy atom. The van der Waals surface area contributed by atoms with Crippen LogP contribution in [0.15, 0.2) is 59.4 Å². The van der Waals surface area contributed by atoms with Crippen LogP contribution in [0.25, 0.3) is 34.4 Å². The minimum absolute atomic E-state index is 0.0925. The number of oxazole rings is 1. The smallest absolute Gasteiger partial charge is 0.245 e. The van der Waals surface area contributed by atoms with Gasteiger partial charge in [-0.3, -0.25) is 0 Å². The van der Waals surface area contributed by atoms with E-state index in [9.17, 15) is 0 Å². The molecule has 28 heavy (non-hydrogen) atoms. The Bertz CT molecular complexity index is 1090. The van der Waals surface area contributed by atoms with Crippen LogP contribution in [0, 0.1) is 6.92 Å². The van der Waals surface area contributed by atoms with E-state index in [1.54, 1.807) is 19.6 Å². The lowest BCUT2D eigenvalue weighted by atomic mass is 10.1. The predicted molar refractivity (Wildman–Crippen MR) is 106 cm³/mol. The van der Waals surface area contributed by atoms with Gasteiger partial charge in [-0.2, -0.15) is 0 Å². The van der Waals surface area contributed by atoms with Crippen molar-refractivity contribution in [2.24, 2.45) is 0 Å². The van der Waals surface area contributed by atoms with Crippen molar-refractivity contribution in [2.75, 3.05) is 13.7 Å². The van der Waals surface area contributed by atoms with E-state index >= 15 is 0 Å². The molecule has 0 aliphatic heterocycles. The molecule has 0 bridgehead atoms. The van der Waals surface area contributed by atoms with Crippen molar-refractivity contribution in [2.45, 2.75) is 19.9 Å². The molecule has 1 unspecified atom stereocenters. The second kappa shape index (κ2) is 7.74. The zero-order valence-electron chi connectivity index (χ0n) is 16.0. The molecule has 4 aromatic rings. The summed E-state index contributed by atoms with van der Waals surface area (Å²) in [6, 6.07) is 13.8. The highest BCUT2D eigenvalue weighted by Crippen LogP contribution is 2.28. The van der Waals surface area contributed by atoms with E-state index in [0.717, 1.165) is 16.9 Å². The van der Waals surface area contributed by atoms with Gasteiger partial charge in [-0.05, 0) is 31.5 Å². The summed E-state index contributed by atoms with van der Waals surface area (Å²) in [5, 5.41) is 8.27. The molecule has 7 heteroatoms. The lowest BCUT2D eigenvalue weighted by molar-refractivity contribution is 0.162. The number of hydrogen-bond acceptors (Lipinski definition) is 6. The molecule has 7 nitrogen and oxygen atoms in total. The standard InChI is InChI=1S/C21H21N5O2/c1-14-7-4-5-8-16(14)19-11-22-21(28-19)18-10-6-9-17(24-18)20-25-23-13-26(20)15(2)12-27-3/h4-11,13,15H,12H2,1-3H3. The molecule has 4 rings (SSSR count). The van der Waals surface area contributed by atoms with Crippen LogP contribution in [-0.2, 0) is 4.74 Å². The highest BCUT2D eigenvalue weighted by Gasteiger charge is 2.16. The number of methoxy groups -OCH3 is 1. The maximum absolute atomic E-state index is 5.99. The van der Waals surface area contributed by atoms with E-state index in [-0.39, 0.29) is 6.04 Å². The largest absolute Gasteiger partial charge is 0.435 e. The number of aromatic nitrogens is 5. The van der Waals surface area contributed by atoms with Crippen molar-refractivity contribution in [3.8, 4) is 34.4 Å². The lowest BCUT2D eigenvalue weighted by Crippen LogP contribution is -2.12. The van der Waals surface area contributed by atoms with Crippen molar-refractivity contribution >= 4 is 0 Å². The fraction of sp³-hybridized carbons (Fsp3) is 0.238. The van der Waals surface area contributed by atoms with E-state index in [2.05, 4.69) is 15.2 Å². The van der Waals surface area contributed by atoms with E-state index < -0.39 is 0 Å². The summed E-state index contributed by atoms with van der Waals surface area (Å²) < 4.78 is 13.2. The number of hydrogen-bond donors (Lipinski definition) is 0. The predicted octanol–water partition coefficient (Wildman–Crippen LogP) is 4.18. The first kappa shape index (κ1) is 18.1. The molecule has 0 N–H and O–H groups in total. The number of benzene rings is 1. The first-order valence-electron chi connectivity index (χ1n) is 9.05. The molecule has 1 atom stereocenters. The number of rotatable bonds is 6. The van der Waals surface area contributed by atoms with Crippen LogP contribution in [0.1, 0.15) is 18.5 Å². The third kappa shape index (κ3) is 3.44. The van der Waals surface area contributed by atoms with E-state index in [4.69, 9.17) is 14.1 Å². The molecule has 0 fully saturated rings. The van der Waals surface area contributed by atoms with Crippen molar-refractivity contribution in [1.82, 2.24) is 24.7 Å². The minimum Gasteiger partial charge on any atom is -0.435 e. The SMILES string of the molecule is COCC(C)n1cnnc1-c1cccc(-c2ncc(-c3ccccc3C)o2)n1. The summed E-state index contributed by atoms with van der Waals surface area (Å²) in [6.45, 7) is 4.65. The van der Waals surface area contributed by atoms with Gasteiger partial charge < -0.3 is 13.7 Å². The topological polar surface area (TPSA) is 78.9 Å². The van der Waals surface area contributed by atoms with Gasteiger partial charge in [-0.15, -0.1) is 10.2 Å². The van der Waals surface area contributed by atoms with E-state index in [0.29, 0.717) is 29.7 Å². The Labute approximate surface area is 163 Å². The quantitative estimate of drug-likeness (QED) is 0.503. The van der Waals surface area contributed by atoms with Gasteiger partial charge in [0.1, 0.15) is 17.7 Å². The summed E-state index contributed by atoms with van der Waals surface area (Å²) >= 11 is 0. The second-order valence-electron chi connectivity index (χ2n) is 6.62. The van der Waals surface area contributed by atoms with Gasteiger partial charge in [0.25, 0.3) is 0 Å². The Hall–Kier alpha value is -3.32. The van der Waals surface area contributed by atoms with E-state index in [1.807, 2.05) is 60.9 Å². The summed E-state index contributed by atoms with van der Waals surface area (Å²) in [7, 11) is 1.67. The van der Waals surface area contributed by atoms with Crippen LogP contribution in [0.5, 0.6) is 0 Å². The van der Waals surface area contributed by atoms with Crippen molar-refractivity contribution in [3.05, 3.63) is 60.6 Å². The molecular weight excluding hydrogens is 354 g/mol. The van der Waals surface area contributed by atoms with Crippen LogP contribution in [0.3, 0.4) is 0 Å². The summed E-state index contributed by atoms with van der Waals surface area (Å²) in [6.07, 6.45) is 3.42. The van der Waals surface area contributed by atoms with Gasteiger partial charge >= 0.3 is 0 Å². The molecule has 0 aliphatic carbocycles. The Morgan fingerprint density at radius 1 is 1.11 bits per heavy atom. The highest BCUT2D eigenvalue weighted by molar-refractivity contribution is 5.64. The zero-order valence-corrected chi connectivity index (χ0v) is 16.0. The molecule has 0 radical (unpaired) electrons. The minimum atomic E-state index is 0.0925. The monoisotopic (exact) mass is 375 g/mol. The van der Waals surface area contributed by atoms with Crippen LogP contribution >= 0.6 is 0 Å². The van der Waals surface area contributed by atoms with Crippen molar-refractivity contribution in [3.63, 3.8) is 0 Å². The Kier molecular flexibility index (Phi) is 4.99. The van der Waals surface area contributed by atoms with Crippen LogP contribution < -0.4 is 0 Å². The average molecular weight is 375 g/mol. The molecular formula is C21H21N5O2. The third-order valence-electron chi connectivity index (χ3n) is 4.57. The summed E-state index contributed by atoms with van der Waals surface area (Å²) in [4.78, 5) is 9.12. The number of nitrogens with zero attached hydrogens (tertiary/aromatic N) is 5. The maximum atomic E-state index is 5.99. The van der Waals surface area contributed by atoms with Crippen LogP contribution in [0.2, 0.25) is 0 Å². The third-order valence-corrected chi connectivity index (χ3v) is 4.57. The molecule has 0 amide bonds. The second-order valence-corrected chi connectivity index (χ2v) is 6.62. The molecule has 0 aliphatic rings. The van der Waals surface area contributed by atoms with Crippen LogP contribution in [0.4, 0.5) is 0 Å². The van der Waals surface area contributed by atoms with Crippen molar-refractivity contribution in [1.29, 1.82) is 0 Å². The molecule has 142 valence electrons. The fourth-order valence-corrected chi connectivity index (χ4v) is 3.11. The Morgan fingerprint density at radius 3 is 2.75 bits per heavy atom. The van der Waals surface area contributed by atoms with Crippen molar-refractivity contribution < 1.29 is 9.15 Å². The zero-order chi connectivity index (χ0) is 19.5. The molecule has 3 aromatic heterocycles. The van der Waals surface area contributed by atoms with E-state index in [1.165, 1.54) is 0 Å². The summed E-state index contributed by atoms with van der Waals surface area (Å²) in [5.41, 5.74) is 3.50. The van der Waals surface area contributed by atoms with Gasteiger partial charge in [0.05, 0.1) is 18.8 Å². The van der Waals surface area contributed by atoms with Gasteiger partial charge in [-0.1, -0.05) is 30.3 Å². The number of aryl methyl sites for hydroxylation is 1. The molecule has 1 aromatic carbocycles. The highest BCUT2D eigenvalue weighted by atomic mass is 16.5. The lowest BCUT2D eigenvalue weighted by Gasteiger charge is -2.14. The molecule has 3 heterocycles. The maximum Gasteiger partial charge on any atom is 0.245 e. The average Bonchev–Trinajstić information content (AvgIpc) is 3.39. The number of ether oxygens (including phenoxy) is 1. The Balaban J connectivity index is 1.68. The van der Waals surface area contributed by atoms with Gasteiger partial charge in [0.2, 0.25) is 5.89 Å². The first-order valence-corrected chi connectivity index (χ1v) is 9.05.